The van der Waals surface area contributed by atoms with Crippen molar-refractivity contribution >= 4 is 0 Å². The van der Waals surface area contributed by atoms with Gasteiger partial charge in [-0.15, -0.1) is 0 Å². The second kappa shape index (κ2) is 7.53. The fraction of sp³-hybridized carbons (Fsp3) is 1.00. The summed E-state index contributed by atoms with van der Waals surface area (Å²) in [5.74, 6) is 0. The Morgan fingerprint density at radius 1 is 1.25 bits per heavy atom. The van der Waals surface area contributed by atoms with Gasteiger partial charge in [0.2, 0.25) is 0 Å². The van der Waals surface area contributed by atoms with Gasteiger partial charge in [0.15, 0.2) is 6.29 Å². The van der Waals surface area contributed by atoms with Gasteiger partial charge < -0.3 is 15.9 Å². The van der Waals surface area contributed by atoms with Crippen LogP contribution in [0.2, 0.25) is 0 Å². The molecule has 0 radical (unpaired) electrons. The first-order valence-corrected chi connectivity index (χ1v) is 4.78. The van der Waals surface area contributed by atoms with Gasteiger partial charge in [0, 0.05) is 6.04 Å². The van der Waals surface area contributed by atoms with Gasteiger partial charge in [-0.3, -0.25) is 0 Å². The zero-order valence-electron chi connectivity index (χ0n) is 7.87. The number of aliphatic hydroxyl groups is 2. The molecular formula is C9H21NO2. The predicted molar refractivity (Wildman–Crippen MR) is 49.6 cm³/mol. The highest BCUT2D eigenvalue weighted by Crippen LogP contribution is 2.14. The molecule has 0 aromatic carbocycles. The molecule has 0 heterocycles. The summed E-state index contributed by atoms with van der Waals surface area (Å²) in [5, 5.41) is 15.8. The molecule has 4 N–H and O–H groups in total. The molecule has 0 aromatic heterocycles. The number of hydrogen-bond donors (Lipinski definition) is 3. The van der Waals surface area contributed by atoms with Gasteiger partial charge in [0.25, 0.3) is 0 Å². The lowest BCUT2D eigenvalue weighted by Gasteiger charge is -2.15. The van der Waals surface area contributed by atoms with E-state index in [0.717, 1.165) is 0 Å². The van der Waals surface area contributed by atoms with E-state index in [-0.39, 0.29) is 0 Å². The van der Waals surface area contributed by atoms with Crippen LogP contribution >= 0.6 is 0 Å². The Morgan fingerprint density at radius 3 is 1.83 bits per heavy atom. The van der Waals surface area contributed by atoms with Crippen LogP contribution in [0, 0.1) is 0 Å². The summed E-state index contributed by atoms with van der Waals surface area (Å²) in [6, 6.07) is 0.536. The van der Waals surface area contributed by atoms with E-state index in [1.54, 1.807) is 6.92 Å². The molecule has 1 rings (SSSR count). The van der Waals surface area contributed by atoms with Crippen molar-refractivity contribution in [2.24, 2.45) is 5.73 Å². The van der Waals surface area contributed by atoms with Crippen molar-refractivity contribution in [3.05, 3.63) is 0 Å². The fourth-order valence-electron chi connectivity index (χ4n) is 1.13. The largest absolute Gasteiger partial charge is 0.368 e. The van der Waals surface area contributed by atoms with Gasteiger partial charge in [-0.05, 0) is 19.3 Å². The number of aliphatic hydroxyl groups excluding tert-OH is 1. The molecule has 1 aliphatic carbocycles. The normalized spacial score (nSPS) is 18.8. The van der Waals surface area contributed by atoms with Gasteiger partial charge in [-0.2, -0.15) is 0 Å². The summed E-state index contributed by atoms with van der Waals surface area (Å²) in [6.45, 7) is 1.70. The van der Waals surface area contributed by atoms with E-state index in [4.69, 9.17) is 15.9 Å². The molecule has 1 fully saturated rings. The molecule has 0 atom stereocenters. The van der Waals surface area contributed by atoms with Crippen LogP contribution in [0.25, 0.3) is 0 Å². The van der Waals surface area contributed by atoms with Gasteiger partial charge >= 0.3 is 0 Å². The second-order valence-electron chi connectivity index (χ2n) is 3.29. The minimum absolute atomic E-state index is 0.417. The molecule has 3 heteroatoms. The lowest BCUT2D eigenvalue weighted by Crippen LogP contribution is -2.22. The Kier molecular flexibility index (Phi) is 7.45. The van der Waals surface area contributed by atoms with E-state index >= 15 is 0 Å². The third-order valence-electron chi connectivity index (χ3n) is 2.01. The molecule has 0 bridgehead atoms. The lowest BCUT2D eigenvalue weighted by molar-refractivity contribution is -0.0413. The summed E-state index contributed by atoms with van der Waals surface area (Å²) in [5.41, 5.74) is 5.63. The van der Waals surface area contributed by atoms with E-state index in [1.165, 1.54) is 32.1 Å². The Hall–Kier alpha value is -0.120. The number of hydrogen-bond acceptors (Lipinski definition) is 3. The van der Waals surface area contributed by atoms with Gasteiger partial charge in [0.1, 0.15) is 0 Å². The van der Waals surface area contributed by atoms with Gasteiger partial charge in [-0.1, -0.05) is 26.2 Å². The Bertz CT molecular complexity index is 90.5. The van der Waals surface area contributed by atoms with Crippen molar-refractivity contribution < 1.29 is 10.2 Å². The van der Waals surface area contributed by atoms with Crippen LogP contribution in [0.3, 0.4) is 0 Å². The smallest absolute Gasteiger partial charge is 0.151 e. The van der Waals surface area contributed by atoms with Crippen LogP contribution in [-0.4, -0.2) is 22.5 Å². The highest BCUT2D eigenvalue weighted by Gasteiger charge is 2.06. The Balaban J connectivity index is 0.000000217. The van der Waals surface area contributed by atoms with E-state index in [2.05, 4.69) is 0 Å². The first kappa shape index (κ1) is 11.9. The fourth-order valence-corrected chi connectivity index (χ4v) is 1.13. The van der Waals surface area contributed by atoms with E-state index in [0.29, 0.717) is 12.5 Å². The molecule has 0 spiro atoms. The first-order chi connectivity index (χ1) is 5.66. The van der Waals surface area contributed by atoms with E-state index in [1.807, 2.05) is 0 Å². The predicted octanol–water partition coefficient (Wildman–Crippen LogP) is 0.985. The Morgan fingerprint density at radius 2 is 1.67 bits per heavy atom. The third-order valence-corrected chi connectivity index (χ3v) is 2.01. The molecule has 1 aliphatic rings. The van der Waals surface area contributed by atoms with E-state index < -0.39 is 6.29 Å². The average Bonchev–Trinajstić information content (AvgIpc) is 2.07. The second-order valence-corrected chi connectivity index (χ2v) is 3.29. The first-order valence-electron chi connectivity index (χ1n) is 4.78. The molecule has 0 aliphatic heterocycles. The van der Waals surface area contributed by atoms with Crippen molar-refractivity contribution in [3.63, 3.8) is 0 Å². The monoisotopic (exact) mass is 175 g/mol. The van der Waals surface area contributed by atoms with Crippen molar-refractivity contribution in [2.75, 3.05) is 0 Å². The molecule has 3 nitrogen and oxygen atoms in total. The van der Waals surface area contributed by atoms with Gasteiger partial charge in [0.05, 0.1) is 0 Å². The molecule has 1 saturated carbocycles. The summed E-state index contributed by atoms with van der Waals surface area (Å²) >= 11 is 0. The lowest BCUT2D eigenvalue weighted by atomic mass is 9.97. The zero-order chi connectivity index (χ0) is 9.40. The van der Waals surface area contributed by atoms with Crippen molar-refractivity contribution in [1.29, 1.82) is 0 Å². The molecule has 0 aromatic rings. The zero-order valence-corrected chi connectivity index (χ0v) is 7.87. The van der Waals surface area contributed by atoms with Crippen molar-refractivity contribution in [3.8, 4) is 0 Å². The molecule has 12 heavy (non-hydrogen) atoms. The van der Waals surface area contributed by atoms with Crippen molar-refractivity contribution in [1.82, 2.24) is 0 Å². The molecule has 0 amide bonds. The number of rotatable bonds is 1. The molecule has 0 saturated heterocycles. The van der Waals surface area contributed by atoms with Crippen LogP contribution in [-0.2, 0) is 0 Å². The van der Waals surface area contributed by atoms with Crippen molar-refractivity contribution in [2.45, 2.75) is 57.8 Å². The van der Waals surface area contributed by atoms with Crippen LogP contribution < -0.4 is 5.73 Å². The SMILES string of the molecule is CCC(O)O.NC1CCCCC1. The maximum Gasteiger partial charge on any atom is 0.151 e. The summed E-state index contributed by atoms with van der Waals surface area (Å²) < 4.78 is 0. The standard InChI is InChI=1S/C6H13N.C3H8O2/c7-6-4-2-1-3-5-6;1-2-3(4)5/h6H,1-5,7H2;3-5H,2H2,1H3. The van der Waals surface area contributed by atoms with Gasteiger partial charge in [-0.25, -0.2) is 0 Å². The van der Waals surface area contributed by atoms with E-state index in [9.17, 15) is 0 Å². The third kappa shape index (κ3) is 7.98. The highest BCUT2D eigenvalue weighted by molar-refractivity contribution is 4.66. The van der Waals surface area contributed by atoms with Crippen LogP contribution in [0.5, 0.6) is 0 Å². The maximum atomic E-state index is 7.92. The highest BCUT2D eigenvalue weighted by atomic mass is 16.5. The number of nitrogens with two attached hydrogens (primary N) is 1. The van der Waals surface area contributed by atoms with Crippen LogP contribution in [0.15, 0.2) is 0 Å². The van der Waals surface area contributed by atoms with Crippen LogP contribution in [0.1, 0.15) is 45.4 Å². The van der Waals surface area contributed by atoms with Crippen LogP contribution in [0.4, 0.5) is 0 Å². The Labute approximate surface area is 74.6 Å². The maximum absolute atomic E-state index is 7.92. The summed E-state index contributed by atoms with van der Waals surface area (Å²) in [4.78, 5) is 0. The molecular weight excluding hydrogens is 154 g/mol. The molecule has 74 valence electrons. The quantitative estimate of drug-likeness (QED) is 0.520. The minimum Gasteiger partial charge on any atom is -0.368 e. The topological polar surface area (TPSA) is 66.5 Å². The molecule has 0 unspecified atom stereocenters. The summed E-state index contributed by atoms with van der Waals surface area (Å²) in [6.07, 6.45) is 5.96. The average molecular weight is 175 g/mol. The minimum atomic E-state index is -1.12. The summed E-state index contributed by atoms with van der Waals surface area (Å²) in [7, 11) is 0.